The molecule has 106 valence electrons. The van der Waals surface area contributed by atoms with Crippen molar-refractivity contribution in [3.8, 4) is 16.9 Å². The van der Waals surface area contributed by atoms with E-state index in [9.17, 15) is 0 Å². The molecule has 0 aliphatic rings. The molecule has 0 N–H and O–H groups in total. The molecule has 0 aromatic heterocycles. The standard InChI is InChI=1S/C18H22O2/c1-18(2,3)16-12-15(14-8-6-5-7-9-14)10-11-17(16)20-13-19-4/h5-12H,13H2,1-4H3. The second kappa shape index (κ2) is 6.10. The van der Waals surface area contributed by atoms with E-state index in [0.29, 0.717) is 0 Å². The van der Waals surface area contributed by atoms with Crippen molar-refractivity contribution in [3.05, 3.63) is 54.1 Å². The van der Waals surface area contributed by atoms with Gasteiger partial charge in [0.15, 0.2) is 6.79 Å². The Morgan fingerprint density at radius 2 is 1.60 bits per heavy atom. The summed E-state index contributed by atoms with van der Waals surface area (Å²) in [5.41, 5.74) is 3.64. The maximum absolute atomic E-state index is 5.68. The predicted molar refractivity (Wildman–Crippen MR) is 83.1 cm³/mol. The van der Waals surface area contributed by atoms with Crippen molar-refractivity contribution < 1.29 is 9.47 Å². The molecule has 0 fully saturated rings. The molecule has 0 saturated heterocycles. The van der Waals surface area contributed by atoms with Crippen LogP contribution in [0.5, 0.6) is 5.75 Å². The van der Waals surface area contributed by atoms with Gasteiger partial charge in [0, 0.05) is 12.7 Å². The van der Waals surface area contributed by atoms with Gasteiger partial charge in [-0.3, -0.25) is 0 Å². The fraction of sp³-hybridized carbons (Fsp3) is 0.333. The van der Waals surface area contributed by atoms with Crippen LogP contribution in [0.15, 0.2) is 48.5 Å². The summed E-state index contributed by atoms with van der Waals surface area (Å²) >= 11 is 0. The summed E-state index contributed by atoms with van der Waals surface area (Å²) in [6.45, 7) is 6.85. The summed E-state index contributed by atoms with van der Waals surface area (Å²) in [5, 5.41) is 0. The molecule has 2 aromatic carbocycles. The van der Waals surface area contributed by atoms with Gasteiger partial charge in [0.25, 0.3) is 0 Å². The highest BCUT2D eigenvalue weighted by molar-refractivity contribution is 5.66. The minimum Gasteiger partial charge on any atom is -0.467 e. The molecule has 2 nitrogen and oxygen atoms in total. The van der Waals surface area contributed by atoms with Crippen molar-refractivity contribution in [2.24, 2.45) is 0 Å². The Balaban J connectivity index is 2.44. The van der Waals surface area contributed by atoms with Crippen molar-refractivity contribution >= 4 is 0 Å². The fourth-order valence-corrected chi connectivity index (χ4v) is 2.17. The lowest BCUT2D eigenvalue weighted by Gasteiger charge is -2.23. The number of ether oxygens (including phenoxy) is 2. The van der Waals surface area contributed by atoms with Gasteiger partial charge in [-0.15, -0.1) is 0 Å². The van der Waals surface area contributed by atoms with Gasteiger partial charge < -0.3 is 9.47 Å². The number of benzene rings is 2. The summed E-state index contributed by atoms with van der Waals surface area (Å²) in [7, 11) is 1.63. The normalized spacial score (nSPS) is 11.4. The zero-order valence-electron chi connectivity index (χ0n) is 12.6. The van der Waals surface area contributed by atoms with E-state index >= 15 is 0 Å². The van der Waals surface area contributed by atoms with Crippen LogP contribution in [-0.4, -0.2) is 13.9 Å². The van der Waals surface area contributed by atoms with Crippen molar-refractivity contribution in [1.82, 2.24) is 0 Å². The van der Waals surface area contributed by atoms with Crippen LogP contribution in [0.2, 0.25) is 0 Å². The van der Waals surface area contributed by atoms with Crippen LogP contribution in [0, 0.1) is 0 Å². The van der Waals surface area contributed by atoms with Crippen molar-refractivity contribution in [3.63, 3.8) is 0 Å². The van der Waals surface area contributed by atoms with Crippen molar-refractivity contribution in [1.29, 1.82) is 0 Å². The largest absolute Gasteiger partial charge is 0.467 e. The van der Waals surface area contributed by atoms with Gasteiger partial charge >= 0.3 is 0 Å². The molecule has 0 aliphatic heterocycles. The highest BCUT2D eigenvalue weighted by Crippen LogP contribution is 2.35. The molecule has 2 aromatic rings. The maximum atomic E-state index is 5.68. The zero-order chi connectivity index (χ0) is 14.6. The molecule has 0 aliphatic carbocycles. The third-order valence-corrected chi connectivity index (χ3v) is 3.23. The van der Waals surface area contributed by atoms with Gasteiger partial charge in [0.2, 0.25) is 0 Å². The molecule has 2 heteroatoms. The van der Waals surface area contributed by atoms with Crippen LogP contribution in [0.3, 0.4) is 0 Å². The Kier molecular flexibility index (Phi) is 4.46. The SMILES string of the molecule is COCOc1ccc(-c2ccccc2)cc1C(C)(C)C. The molecule has 0 unspecified atom stereocenters. The molecule has 0 spiro atoms. The lowest BCUT2D eigenvalue weighted by atomic mass is 9.84. The molecule has 2 rings (SSSR count). The van der Waals surface area contributed by atoms with E-state index in [-0.39, 0.29) is 12.2 Å². The molecule has 0 bridgehead atoms. The van der Waals surface area contributed by atoms with E-state index in [0.717, 1.165) is 5.75 Å². The average molecular weight is 270 g/mol. The van der Waals surface area contributed by atoms with E-state index < -0.39 is 0 Å². The molecule has 0 radical (unpaired) electrons. The van der Waals surface area contributed by atoms with Crippen LogP contribution in [0.25, 0.3) is 11.1 Å². The summed E-state index contributed by atoms with van der Waals surface area (Å²) in [5.74, 6) is 0.888. The van der Waals surface area contributed by atoms with Gasteiger partial charge in [-0.05, 0) is 28.7 Å². The lowest BCUT2D eigenvalue weighted by Crippen LogP contribution is -2.14. The van der Waals surface area contributed by atoms with Gasteiger partial charge in [0.05, 0.1) is 0 Å². The Hall–Kier alpha value is -1.80. The molecule has 0 heterocycles. The quantitative estimate of drug-likeness (QED) is 0.754. The van der Waals surface area contributed by atoms with Crippen LogP contribution < -0.4 is 4.74 Å². The van der Waals surface area contributed by atoms with E-state index in [1.807, 2.05) is 12.1 Å². The Labute approximate surface area is 121 Å². The topological polar surface area (TPSA) is 18.5 Å². The predicted octanol–water partition coefficient (Wildman–Crippen LogP) is 4.63. The molecule has 20 heavy (non-hydrogen) atoms. The Morgan fingerprint density at radius 1 is 0.900 bits per heavy atom. The first-order valence-electron chi connectivity index (χ1n) is 6.84. The minimum absolute atomic E-state index is 0.0217. The lowest BCUT2D eigenvalue weighted by molar-refractivity contribution is 0.0498. The van der Waals surface area contributed by atoms with Gasteiger partial charge in [-0.1, -0.05) is 57.2 Å². The van der Waals surface area contributed by atoms with Gasteiger partial charge in [0.1, 0.15) is 5.75 Å². The summed E-state index contributed by atoms with van der Waals surface area (Å²) in [6, 6.07) is 16.7. The second-order valence-corrected chi connectivity index (χ2v) is 5.88. The number of hydrogen-bond acceptors (Lipinski definition) is 2. The Morgan fingerprint density at radius 3 is 2.20 bits per heavy atom. The first kappa shape index (κ1) is 14.6. The number of hydrogen-bond donors (Lipinski definition) is 0. The average Bonchev–Trinajstić information content (AvgIpc) is 2.45. The summed E-state index contributed by atoms with van der Waals surface area (Å²) < 4.78 is 10.7. The zero-order valence-corrected chi connectivity index (χ0v) is 12.6. The third kappa shape index (κ3) is 3.40. The van der Waals surface area contributed by atoms with E-state index in [4.69, 9.17) is 9.47 Å². The van der Waals surface area contributed by atoms with E-state index in [1.54, 1.807) is 7.11 Å². The fourth-order valence-electron chi connectivity index (χ4n) is 2.17. The first-order chi connectivity index (χ1) is 9.52. The van der Waals surface area contributed by atoms with Crippen LogP contribution >= 0.6 is 0 Å². The van der Waals surface area contributed by atoms with Gasteiger partial charge in [-0.25, -0.2) is 0 Å². The Bertz CT molecular complexity index is 553. The van der Waals surface area contributed by atoms with E-state index in [1.165, 1.54) is 16.7 Å². The number of rotatable bonds is 4. The molecular weight excluding hydrogens is 248 g/mol. The van der Waals surface area contributed by atoms with E-state index in [2.05, 4.69) is 57.2 Å². The highest BCUT2D eigenvalue weighted by Gasteiger charge is 2.20. The highest BCUT2D eigenvalue weighted by atomic mass is 16.7. The number of methoxy groups -OCH3 is 1. The first-order valence-corrected chi connectivity index (χ1v) is 6.84. The summed E-state index contributed by atoms with van der Waals surface area (Å²) in [4.78, 5) is 0. The maximum Gasteiger partial charge on any atom is 0.188 e. The summed E-state index contributed by atoms with van der Waals surface area (Å²) in [6.07, 6.45) is 0. The van der Waals surface area contributed by atoms with Crippen LogP contribution in [-0.2, 0) is 10.2 Å². The molecule has 0 amide bonds. The molecule has 0 atom stereocenters. The molecular formula is C18H22O2. The monoisotopic (exact) mass is 270 g/mol. The van der Waals surface area contributed by atoms with Crippen molar-refractivity contribution in [2.75, 3.05) is 13.9 Å². The second-order valence-electron chi connectivity index (χ2n) is 5.88. The van der Waals surface area contributed by atoms with Gasteiger partial charge in [-0.2, -0.15) is 0 Å². The van der Waals surface area contributed by atoms with Crippen LogP contribution in [0.4, 0.5) is 0 Å². The molecule has 0 saturated carbocycles. The van der Waals surface area contributed by atoms with Crippen LogP contribution in [0.1, 0.15) is 26.3 Å². The third-order valence-electron chi connectivity index (χ3n) is 3.23. The van der Waals surface area contributed by atoms with Crippen molar-refractivity contribution in [2.45, 2.75) is 26.2 Å². The minimum atomic E-state index is 0.0217. The smallest absolute Gasteiger partial charge is 0.188 e.